The molecule has 3 atom stereocenters. The van der Waals surface area contributed by atoms with Gasteiger partial charge >= 0.3 is 0 Å². The number of rotatable bonds is 4. The van der Waals surface area contributed by atoms with E-state index in [9.17, 15) is 0 Å². The summed E-state index contributed by atoms with van der Waals surface area (Å²) in [5.41, 5.74) is 1.29. The molecule has 0 bridgehead atoms. The first-order valence-electron chi connectivity index (χ1n) is 8.32. The predicted molar refractivity (Wildman–Crippen MR) is 84.1 cm³/mol. The molecule has 1 aromatic carbocycles. The van der Waals surface area contributed by atoms with Crippen molar-refractivity contribution < 1.29 is 14.0 Å². The average Bonchev–Trinajstić information content (AvgIpc) is 2.96. The van der Waals surface area contributed by atoms with Crippen molar-refractivity contribution in [1.82, 2.24) is 0 Å². The van der Waals surface area contributed by atoms with Crippen molar-refractivity contribution in [3.8, 4) is 0 Å². The summed E-state index contributed by atoms with van der Waals surface area (Å²) < 4.78 is 13.3. The highest BCUT2D eigenvalue weighted by molar-refractivity contribution is 5.19. The molecule has 0 saturated carbocycles. The number of quaternary nitrogens is 1. The van der Waals surface area contributed by atoms with Crippen molar-refractivity contribution in [2.75, 3.05) is 33.3 Å². The molecule has 2 saturated heterocycles. The van der Waals surface area contributed by atoms with E-state index in [-0.39, 0.29) is 12.4 Å². The summed E-state index contributed by atoms with van der Waals surface area (Å²) in [7, 11) is 2.37. The maximum atomic E-state index is 6.21. The third kappa shape index (κ3) is 3.65. The van der Waals surface area contributed by atoms with E-state index in [0.717, 1.165) is 17.6 Å². The molecule has 3 heteroatoms. The van der Waals surface area contributed by atoms with E-state index in [2.05, 4.69) is 44.3 Å². The Kier molecular flexibility index (Phi) is 4.63. The lowest BCUT2D eigenvalue weighted by Gasteiger charge is -2.39. The normalized spacial score (nSPS) is 30.2. The van der Waals surface area contributed by atoms with Crippen LogP contribution in [0.1, 0.15) is 37.7 Å². The number of piperidine rings is 1. The number of benzene rings is 1. The van der Waals surface area contributed by atoms with Gasteiger partial charge in [-0.2, -0.15) is 0 Å². The van der Waals surface area contributed by atoms with Gasteiger partial charge in [-0.15, -0.1) is 0 Å². The average molecular weight is 290 g/mol. The molecule has 0 amide bonds. The second kappa shape index (κ2) is 6.47. The lowest BCUT2D eigenvalue weighted by Crippen LogP contribution is -2.52. The van der Waals surface area contributed by atoms with Crippen molar-refractivity contribution in [1.29, 1.82) is 0 Å². The molecule has 2 fully saturated rings. The lowest BCUT2D eigenvalue weighted by molar-refractivity contribution is -0.916. The molecule has 1 aromatic rings. The first-order valence-corrected chi connectivity index (χ1v) is 8.32. The van der Waals surface area contributed by atoms with Crippen LogP contribution in [0.2, 0.25) is 0 Å². The van der Waals surface area contributed by atoms with Crippen molar-refractivity contribution in [3.05, 3.63) is 35.9 Å². The van der Waals surface area contributed by atoms with E-state index in [1.54, 1.807) is 0 Å². The minimum atomic E-state index is -0.0891. The molecule has 0 spiro atoms. The largest absolute Gasteiger partial charge is 0.349 e. The summed E-state index contributed by atoms with van der Waals surface area (Å²) in [5.74, 6) is 0.294. The summed E-state index contributed by atoms with van der Waals surface area (Å²) >= 11 is 0. The SMILES string of the molecule is C[C@H](c1ccccc1)[C@@H]1OC[C@H](C[N+]2(C)CCCCC2)O1. The highest BCUT2D eigenvalue weighted by Gasteiger charge is 2.36. The van der Waals surface area contributed by atoms with Gasteiger partial charge in [0.1, 0.15) is 12.6 Å². The number of ether oxygens (including phenoxy) is 2. The number of likely N-dealkylation sites (N-methyl/N-ethyl adjacent to an activating group) is 1. The molecule has 2 aliphatic heterocycles. The molecule has 2 aliphatic rings. The van der Waals surface area contributed by atoms with Gasteiger partial charge < -0.3 is 14.0 Å². The molecule has 0 aromatic heterocycles. The third-order valence-corrected chi connectivity index (χ3v) is 5.05. The smallest absolute Gasteiger partial charge is 0.165 e. The fourth-order valence-corrected chi connectivity index (χ4v) is 3.69. The van der Waals surface area contributed by atoms with E-state index in [4.69, 9.17) is 9.47 Å². The molecular formula is C18H28NO2+. The summed E-state index contributed by atoms with van der Waals surface area (Å²) in [5, 5.41) is 0. The Morgan fingerprint density at radius 3 is 2.57 bits per heavy atom. The molecule has 0 aliphatic carbocycles. The van der Waals surface area contributed by atoms with Crippen LogP contribution in [-0.2, 0) is 9.47 Å². The monoisotopic (exact) mass is 290 g/mol. The Labute approximate surface area is 128 Å². The van der Waals surface area contributed by atoms with E-state index in [0.29, 0.717) is 5.92 Å². The Morgan fingerprint density at radius 1 is 1.14 bits per heavy atom. The molecular weight excluding hydrogens is 262 g/mol. The molecule has 0 unspecified atom stereocenters. The van der Waals surface area contributed by atoms with Gasteiger partial charge in [-0.25, -0.2) is 0 Å². The molecule has 0 N–H and O–H groups in total. The highest BCUT2D eigenvalue weighted by Crippen LogP contribution is 2.28. The summed E-state index contributed by atoms with van der Waals surface area (Å²) in [6, 6.07) is 10.5. The van der Waals surface area contributed by atoms with Crippen LogP contribution in [0.5, 0.6) is 0 Å². The second-order valence-electron chi connectivity index (χ2n) is 6.97. The maximum Gasteiger partial charge on any atom is 0.165 e. The number of hydrogen-bond donors (Lipinski definition) is 0. The van der Waals surface area contributed by atoms with Crippen LogP contribution in [0.25, 0.3) is 0 Å². The first kappa shape index (κ1) is 15.0. The molecule has 3 rings (SSSR count). The van der Waals surface area contributed by atoms with Gasteiger partial charge in [-0.1, -0.05) is 37.3 Å². The van der Waals surface area contributed by atoms with E-state index in [1.165, 1.54) is 37.9 Å². The van der Waals surface area contributed by atoms with Gasteiger partial charge in [-0.05, 0) is 24.8 Å². The third-order valence-electron chi connectivity index (χ3n) is 5.05. The Bertz CT molecular complexity index is 442. The fourth-order valence-electron chi connectivity index (χ4n) is 3.69. The van der Waals surface area contributed by atoms with Gasteiger partial charge in [0, 0.05) is 5.92 Å². The number of nitrogens with zero attached hydrogens (tertiary/aromatic N) is 1. The zero-order chi connectivity index (χ0) is 14.7. The highest BCUT2D eigenvalue weighted by atomic mass is 16.7. The van der Waals surface area contributed by atoms with Crippen LogP contribution in [0.15, 0.2) is 30.3 Å². The Balaban J connectivity index is 1.55. The molecule has 116 valence electrons. The first-order chi connectivity index (χ1) is 10.2. The number of hydrogen-bond acceptors (Lipinski definition) is 2. The summed E-state index contributed by atoms with van der Waals surface area (Å²) in [6.07, 6.45) is 4.27. The lowest BCUT2D eigenvalue weighted by atomic mass is 10.0. The minimum Gasteiger partial charge on any atom is -0.349 e. The topological polar surface area (TPSA) is 18.5 Å². The minimum absolute atomic E-state index is 0.0891. The molecule has 3 nitrogen and oxygen atoms in total. The van der Waals surface area contributed by atoms with Crippen LogP contribution in [0.4, 0.5) is 0 Å². The quantitative estimate of drug-likeness (QED) is 0.793. The van der Waals surface area contributed by atoms with Crippen molar-refractivity contribution in [3.63, 3.8) is 0 Å². The zero-order valence-corrected chi connectivity index (χ0v) is 13.3. The Hall–Kier alpha value is -0.900. The van der Waals surface area contributed by atoms with E-state index < -0.39 is 0 Å². The number of likely N-dealkylation sites (tertiary alicyclic amines) is 1. The van der Waals surface area contributed by atoms with Gasteiger partial charge in [-0.3, -0.25) is 0 Å². The predicted octanol–water partition coefficient (Wildman–Crippen LogP) is 3.16. The van der Waals surface area contributed by atoms with Crippen LogP contribution in [0.3, 0.4) is 0 Å². The standard InChI is InChI=1S/C18H28NO2/c1-15(16-9-5-3-6-10-16)18-20-14-17(21-18)13-19(2)11-7-4-8-12-19/h3,5-6,9-10,15,17-18H,4,7-8,11-14H2,1-2H3/q+1/t15-,17+,18-/m1/s1. The van der Waals surface area contributed by atoms with Gasteiger partial charge in [0.2, 0.25) is 0 Å². The van der Waals surface area contributed by atoms with E-state index in [1.807, 2.05) is 0 Å². The van der Waals surface area contributed by atoms with Crippen molar-refractivity contribution >= 4 is 0 Å². The van der Waals surface area contributed by atoms with Crippen LogP contribution in [-0.4, -0.2) is 50.2 Å². The fraction of sp³-hybridized carbons (Fsp3) is 0.667. The second-order valence-corrected chi connectivity index (χ2v) is 6.97. The van der Waals surface area contributed by atoms with Crippen LogP contribution >= 0.6 is 0 Å². The van der Waals surface area contributed by atoms with Crippen molar-refractivity contribution in [2.24, 2.45) is 0 Å². The van der Waals surface area contributed by atoms with Gasteiger partial charge in [0.15, 0.2) is 6.29 Å². The van der Waals surface area contributed by atoms with Crippen LogP contribution < -0.4 is 0 Å². The maximum absolute atomic E-state index is 6.21. The van der Waals surface area contributed by atoms with Gasteiger partial charge in [0.05, 0.1) is 26.7 Å². The summed E-state index contributed by atoms with van der Waals surface area (Å²) in [4.78, 5) is 0. The van der Waals surface area contributed by atoms with E-state index >= 15 is 0 Å². The molecule has 21 heavy (non-hydrogen) atoms. The van der Waals surface area contributed by atoms with Crippen molar-refractivity contribution in [2.45, 2.75) is 44.5 Å². The molecule has 0 radical (unpaired) electrons. The molecule has 2 heterocycles. The van der Waals surface area contributed by atoms with Crippen LogP contribution in [0, 0.1) is 0 Å². The van der Waals surface area contributed by atoms with Gasteiger partial charge in [0.25, 0.3) is 0 Å². The zero-order valence-electron chi connectivity index (χ0n) is 13.3. The Morgan fingerprint density at radius 2 is 1.86 bits per heavy atom. The summed E-state index contributed by atoms with van der Waals surface area (Å²) in [6.45, 7) is 6.62.